The Bertz CT molecular complexity index is 433. The number of nitriles is 1. The Kier molecular flexibility index (Phi) is 2.42. The molecule has 1 heterocycles. The molecule has 1 aliphatic rings. The summed E-state index contributed by atoms with van der Waals surface area (Å²) in [6.07, 6.45) is 0. The number of ketones is 1. The first-order chi connectivity index (χ1) is 7.22. The molecule has 0 amide bonds. The maximum atomic E-state index is 11.4. The minimum atomic E-state index is -0.454. The molecule has 0 N–H and O–H groups in total. The van der Waals surface area contributed by atoms with E-state index in [-0.39, 0.29) is 5.78 Å². The highest BCUT2D eigenvalue weighted by Crippen LogP contribution is 2.24. The summed E-state index contributed by atoms with van der Waals surface area (Å²) in [5, 5.41) is 8.77. The van der Waals surface area contributed by atoms with Crippen LogP contribution < -0.4 is 4.90 Å². The second-order valence-electron chi connectivity index (χ2n) is 3.82. The Hall–Kier alpha value is -1.82. The molecule has 2 rings (SSSR count). The third kappa shape index (κ3) is 1.71. The van der Waals surface area contributed by atoms with E-state index in [0.717, 1.165) is 11.3 Å². The lowest BCUT2D eigenvalue weighted by Crippen LogP contribution is -2.20. The number of hydrogen-bond acceptors (Lipinski definition) is 3. The minimum Gasteiger partial charge on any atom is -0.362 e. The van der Waals surface area contributed by atoms with Gasteiger partial charge in [-0.05, 0) is 18.6 Å². The zero-order valence-electron chi connectivity index (χ0n) is 8.60. The number of carbonyl (C=O) groups excluding carboxylic acids is 1. The van der Waals surface area contributed by atoms with Gasteiger partial charge in [0, 0.05) is 12.2 Å². The Morgan fingerprint density at radius 1 is 1.47 bits per heavy atom. The van der Waals surface area contributed by atoms with Crippen LogP contribution in [0, 0.1) is 24.2 Å². The van der Waals surface area contributed by atoms with Crippen molar-refractivity contribution >= 4 is 11.5 Å². The normalized spacial score (nSPS) is 20.4. The van der Waals surface area contributed by atoms with Crippen LogP contribution in [-0.2, 0) is 4.79 Å². The first-order valence-electron chi connectivity index (χ1n) is 4.95. The lowest BCUT2D eigenvalue weighted by molar-refractivity contribution is -0.118. The van der Waals surface area contributed by atoms with Gasteiger partial charge in [-0.2, -0.15) is 5.26 Å². The largest absolute Gasteiger partial charge is 0.362 e. The van der Waals surface area contributed by atoms with E-state index in [2.05, 4.69) is 0 Å². The van der Waals surface area contributed by atoms with Crippen molar-refractivity contribution < 1.29 is 4.79 Å². The van der Waals surface area contributed by atoms with E-state index in [4.69, 9.17) is 5.26 Å². The number of benzene rings is 1. The smallest absolute Gasteiger partial charge is 0.170 e. The van der Waals surface area contributed by atoms with Crippen LogP contribution in [0.25, 0.3) is 0 Å². The molecule has 0 radical (unpaired) electrons. The average molecular weight is 200 g/mol. The van der Waals surface area contributed by atoms with Crippen molar-refractivity contribution in [3.63, 3.8) is 0 Å². The Morgan fingerprint density at radius 3 is 2.80 bits per heavy atom. The summed E-state index contributed by atoms with van der Waals surface area (Å²) in [5.41, 5.74) is 2.20. The van der Waals surface area contributed by atoms with Crippen molar-refractivity contribution in [3.05, 3.63) is 29.8 Å². The third-order valence-corrected chi connectivity index (χ3v) is 2.75. The summed E-state index contributed by atoms with van der Waals surface area (Å²) in [5.74, 6) is -0.426. The SMILES string of the molecule is Cc1ccccc1N1CC(=O)[C@@H](C#N)C1. The van der Waals surface area contributed by atoms with Gasteiger partial charge in [-0.15, -0.1) is 0 Å². The molecule has 1 aliphatic heterocycles. The molecule has 3 nitrogen and oxygen atoms in total. The first-order valence-corrected chi connectivity index (χ1v) is 4.95. The van der Waals surface area contributed by atoms with Gasteiger partial charge in [-0.1, -0.05) is 18.2 Å². The van der Waals surface area contributed by atoms with E-state index >= 15 is 0 Å². The number of hydrogen-bond donors (Lipinski definition) is 0. The monoisotopic (exact) mass is 200 g/mol. The van der Waals surface area contributed by atoms with Crippen molar-refractivity contribution in [3.8, 4) is 6.07 Å². The van der Waals surface area contributed by atoms with Crippen LogP contribution in [0.1, 0.15) is 5.56 Å². The summed E-state index contributed by atoms with van der Waals surface area (Å²) in [6.45, 7) is 2.91. The molecule has 0 bridgehead atoms. The van der Waals surface area contributed by atoms with Gasteiger partial charge in [0.1, 0.15) is 5.92 Å². The molecule has 0 saturated carbocycles. The number of para-hydroxylation sites is 1. The van der Waals surface area contributed by atoms with Gasteiger partial charge in [-0.25, -0.2) is 0 Å². The second-order valence-corrected chi connectivity index (χ2v) is 3.82. The number of nitrogens with zero attached hydrogens (tertiary/aromatic N) is 2. The summed E-state index contributed by atoms with van der Waals surface area (Å²) in [6, 6.07) is 9.97. The van der Waals surface area contributed by atoms with Crippen LogP contribution in [0.4, 0.5) is 5.69 Å². The molecule has 1 aromatic rings. The summed E-state index contributed by atoms with van der Waals surface area (Å²) < 4.78 is 0. The van der Waals surface area contributed by atoms with Gasteiger partial charge in [-0.3, -0.25) is 4.79 Å². The maximum Gasteiger partial charge on any atom is 0.170 e. The van der Waals surface area contributed by atoms with Crippen LogP contribution in [0.5, 0.6) is 0 Å². The molecular formula is C12H12N2O. The maximum absolute atomic E-state index is 11.4. The standard InChI is InChI=1S/C12H12N2O/c1-9-4-2-3-5-11(9)14-7-10(6-13)12(15)8-14/h2-5,10H,7-8H2,1H3/t10-/m0/s1. The van der Waals surface area contributed by atoms with Gasteiger partial charge in [0.15, 0.2) is 5.78 Å². The molecule has 1 fully saturated rings. The van der Waals surface area contributed by atoms with E-state index in [1.54, 1.807) is 0 Å². The predicted octanol–water partition coefficient (Wildman–Crippen LogP) is 1.52. The van der Waals surface area contributed by atoms with E-state index < -0.39 is 5.92 Å². The quantitative estimate of drug-likeness (QED) is 0.690. The zero-order chi connectivity index (χ0) is 10.8. The highest BCUT2D eigenvalue weighted by atomic mass is 16.1. The van der Waals surface area contributed by atoms with E-state index in [1.807, 2.05) is 42.2 Å². The van der Waals surface area contributed by atoms with Crippen molar-refractivity contribution in [2.24, 2.45) is 5.92 Å². The molecule has 1 saturated heterocycles. The average Bonchev–Trinajstić information content (AvgIpc) is 2.60. The molecule has 0 aromatic heterocycles. The predicted molar refractivity (Wildman–Crippen MR) is 57.5 cm³/mol. The molecular weight excluding hydrogens is 188 g/mol. The van der Waals surface area contributed by atoms with E-state index in [9.17, 15) is 4.79 Å². The Labute approximate surface area is 88.9 Å². The number of carbonyl (C=O) groups is 1. The highest BCUT2D eigenvalue weighted by Gasteiger charge is 2.31. The van der Waals surface area contributed by atoms with Gasteiger partial charge < -0.3 is 4.90 Å². The lowest BCUT2D eigenvalue weighted by atomic mass is 10.1. The highest BCUT2D eigenvalue weighted by molar-refractivity contribution is 5.91. The number of Topliss-reactive ketones (excluding diaryl/α,β-unsaturated/α-hetero) is 1. The van der Waals surface area contributed by atoms with Crippen molar-refractivity contribution in [1.82, 2.24) is 0 Å². The van der Waals surface area contributed by atoms with Gasteiger partial charge >= 0.3 is 0 Å². The molecule has 15 heavy (non-hydrogen) atoms. The summed E-state index contributed by atoms with van der Waals surface area (Å²) in [4.78, 5) is 13.4. The molecule has 0 aliphatic carbocycles. The minimum absolute atomic E-state index is 0.0285. The zero-order valence-corrected chi connectivity index (χ0v) is 8.60. The number of aryl methyl sites for hydroxylation is 1. The fourth-order valence-corrected chi connectivity index (χ4v) is 1.90. The Morgan fingerprint density at radius 2 is 2.20 bits per heavy atom. The van der Waals surface area contributed by atoms with Crippen LogP contribution in [-0.4, -0.2) is 18.9 Å². The van der Waals surface area contributed by atoms with E-state index in [1.165, 1.54) is 0 Å². The lowest BCUT2D eigenvalue weighted by Gasteiger charge is -2.18. The Balaban J connectivity index is 2.25. The van der Waals surface area contributed by atoms with Crippen LogP contribution >= 0.6 is 0 Å². The molecule has 3 heteroatoms. The molecule has 1 atom stereocenters. The number of anilines is 1. The molecule has 1 aromatic carbocycles. The first kappa shape index (κ1) is 9.72. The second kappa shape index (κ2) is 3.74. The fourth-order valence-electron chi connectivity index (χ4n) is 1.90. The van der Waals surface area contributed by atoms with Crippen molar-refractivity contribution in [1.29, 1.82) is 5.26 Å². The molecule has 0 spiro atoms. The van der Waals surface area contributed by atoms with Crippen LogP contribution in [0.2, 0.25) is 0 Å². The molecule has 76 valence electrons. The summed E-state index contributed by atoms with van der Waals surface area (Å²) in [7, 11) is 0. The summed E-state index contributed by atoms with van der Waals surface area (Å²) >= 11 is 0. The molecule has 0 unspecified atom stereocenters. The number of rotatable bonds is 1. The van der Waals surface area contributed by atoms with E-state index in [0.29, 0.717) is 13.1 Å². The topological polar surface area (TPSA) is 44.1 Å². The van der Waals surface area contributed by atoms with Gasteiger partial charge in [0.25, 0.3) is 0 Å². The van der Waals surface area contributed by atoms with Gasteiger partial charge in [0.05, 0.1) is 12.6 Å². The van der Waals surface area contributed by atoms with Gasteiger partial charge in [0.2, 0.25) is 0 Å². The van der Waals surface area contributed by atoms with Crippen LogP contribution in [0.15, 0.2) is 24.3 Å². The van der Waals surface area contributed by atoms with Crippen LogP contribution in [0.3, 0.4) is 0 Å². The van der Waals surface area contributed by atoms with Crippen molar-refractivity contribution in [2.75, 3.05) is 18.0 Å². The van der Waals surface area contributed by atoms with Crippen molar-refractivity contribution in [2.45, 2.75) is 6.92 Å². The fraction of sp³-hybridized carbons (Fsp3) is 0.333. The third-order valence-electron chi connectivity index (χ3n) is 2.75.